The van der Waals surface area contributed by atoms with Crippen molar-refractivity contribution >= 4 is 10.9 Å². The average molecular weight is 318 g/mol. The molecule has 1 aliphatic rings. The Kier molecular flexibility index (Phi) is 4.15. The fourth-order valence-electron chi connectivity index (χ4n) is 4.01. The molecule has 0 saturated heterocycles. The third-order valence-electron chi connectivity index (χ3n) is 5.38. The molecule has 1 aromatic heterocycles. The van der Waals surface area contributed by atoms with Gasteiger partial charge in [0, 0.05) is 42.7 Å². The van der Waals surface area contributed by atoms with E-state index in [4.69, 9.17) is 0 Å². The van der Waals surface area contributed by atoms with E-state index in [2.05, 4.69) is 72.0 Å². The van der Waals surface area contributed by atoms with Crippen LogP contribution in [0.15, 0.2) is 48.5 Å². The zero-order valence-corrected chi connectivity index (χ0v) is 14.8. The number of benzene rings is 2. The van der Waals surface area contributed by atoms with Crippen molar-refractivity contribution in [2.45, 2.75) is 32.7 Å². The van der Waals surface area contributed by atoms with Crippen molar-refractivity contribution in [3.05, 3.63) is 70.9 Å². The molecule has 24 heavy (non-hydrogen) atoms. The summed E-state index contributed by atoms with van der Waals surface area (Å²) in [6.07, 6.45) is 3.43. The normalized spacial score (nSPS) is 15.4. The van der Waals surface area contributed by atoms with E-state index in [1.165, 1.54) is 35.0 Å². The van der Waals surface area contributed by atoms with Gasteiger partial charge >= 0.3 is 0 Å². The van der Waals surface area contributed by atoms with Crippen LogP contribution < -0.4 is 0 Å². The third-order valence-corrected chi connectivity index (χ3v) is 5.38. The molecule has 4 rings (SSSR count). The maximum atomic E-state index is 2.59. The molecule has 0 saturated carbocycles. The minimum atomic E-state index is 1.07. The lowest BCUT2D eigenvalue weighted by Gasteiger charge is -2.14. The van der Waals surface area contributed by atoms with E-state index in [1.807, 2.05) is 0 Å². The number of hydrogen-bond acceptors (Lipinski definition) is 1. The Bertz CT molecular complexity index is 845. The molecule has 2 nitrogen and oxygen atoms in total. The van der Waals surface area contributed by atoms with Crippen LogP contribution in [0.5, 0.6) is 0 Å². The quantitative estimate of drug-likeness (QED) is 0.702. The number of hydrogen-bond donors (Lipinski definition) is 0. The topological polar surface area (TPSA) is 8.17 Å². The Hall–Kier alpha value is -2.06. The van der Waals surface area contributed by atoms with Gasteiger partial charge in [-0.05, 0) is 50.1 Å². The Labute approximate surface area is 144 Å². The second-order valence-corrected chi connectivity index (χ2v) is 7.14. The molecule has 0 fully saturated rings. The number of likely N-dealkylation sites (N-methyl/N-ethyl adjacent to an activating group) is 1. The van der Waals surface area contributed by atoms with Crippen molar-refractivity contribution in [3.63, 3.8) is 0 Å². The molecule has 0 radical (unpaired) electrons. The predicted molar refractivity (Wildman–Crippen MR) is 102 cm³/mol. The highest BCUT2D eigenvalue weighted by molar-refractivity contribution is 5.86. The van der Waals surface area contributed by atoms with E-state index in [1.54, 1.807) is 11.3 Å². The monoisotopic (exact) mass is 318 g/mol. The first-order valence-corrected chi connectivity index (χ1v) is 9.05. The van der Waals surface area contributed by atoms with E-state index in [0.717, 1.165) is 25.9 Å². The van der Waals surface area contributed by atoms with Crippen LogP contribution in [0, 0.1) is 6.92 Å². The summed E-state index contributed by atoms with van der Waals surface area (Å²) in [4.78, 5) is 2.46. The van der Waals surface area contributed by atoms with Gasteiger partial charge in [0.2, 0.25) is 0 Å². The SMILES string of the molecule is Cc1ccc2c(c1)c1c(n2CCc2ccccc2)CCN(C)CC1. The molecule has 0 unspecified atom stereocenters. The van der Waals surface area contributed by atoms with Gasteiger partial charge in [-0.2, -0.15) is 0 Å². The first kappa shape index (κ1) is 15.5. The summed E-state index contributed by atoms with van der Waals surface area (Å²) in [6.45, 7) is 5.60. The average Bonchev–Trinajstić information content (AvgIpc) is 2.74. The summed E-state index contributed by atoms with van der Waals surface area (Å²) in [6, 6.07) is 17.8. The van der Waals surface area contributed by atoms with E-state index in [-0.39, 0.29) is 0 Å². The molecule has 0 bridgehead atoms. The van der Waals surface area contributed by atoms with Gasteiger partial charge in [-0.3, -0.25) is 0 Å². The van der Waals surface area contributed by atoms with Gasteiger partial charge in [0.05, 0.1) is 0 Å². The highest BCUT2D eigenvalue weighted by Gasteiger charge is 2.20. The molecule has 0 atom stereocenters. The van der Waals surface area contributed by atoms with Crippen molar-refractivity contribution in [2.24, 2.45) is 0 Å². The van der Waals surface area contributed by atoms with E-state index >= 15 is 0 Å². The van der Waals surface area contributed by atoms with Crippen molar-refractivity contribution in [1.29, 1.82) is 0 Å². The lowest BCUT2D eigenvalue weighted by Crippen LogP contribution is -2.21. The van der Waals surface area contributed by atoms with Gasteiger partial charge in [0.1, 0.15) is 0 Å². The zero-order valence-electron chi connectivity index (χ0n) is 14.8. The van der Waals surface area contributed by atoms with Gasteiger partial charge in [0.15, 0.2) is 0 Å². The van der Waals surface area contributed by atoms with Crippen molar-refractivity contribution in [1.82, 2.24) is 9.47 Å². The molecule has 0 amide bonds. The smallest absolute Gasteiger partial charge is 0.0485 e. The van der Waals surface area contributed by atoms with Crippen molar-refractivity contribution < 1.29 is 0 Å². The van der Waals surface area contributed by atoms with Gasteiger partial charge in [-0.25, -0.2) is 0 Å². The van der Waals surface area contributed by atoms with Gasteiger partial charge in [-0.1, -0.05) is 42.0 Å². The molecule has 0 N–H and O–H groups in total. The highest BCUT2D eigenvalue weighted by Crippen LogP contribution is 2.30. The summed E-state index contributed by atoms with van der Waals surface area (Å²) in [5.74, 6) is 0. The Morgan fingerprint density at radius 2 is 1.75 bits per heavy atom. The molecule has 2 heteroatoms. The van der Waals surface area contributed by atoms with Crippen LogP contribution in [0.2, 0.25) is 0 Å². The Morgan fingerprint density at radius 3 is 2.58 bits per heavy atom. The molecule has 0 spiro atoms. The van der Waals surface area contributed by atoms with Crippen LogP contribution in [0.4, 0.5) is 0 Å². The molecule has 0 aliphatic carbocycles. The summed E-state index contributed by atoms with van der Waals surface area (Å²) in [5.41, 5.74) is 7.36. The van der Waals surface area contributed by atoms with Crippen LogP contribution in [0.1, 0.15) is 22.4 Å². The number of aromatic nitrogens is 1. The molecular weight excluding hydrogens is 292 g/mol. The zero-order chi connectivity index (χ0) is 16.5. The number of rotatable bonds is 3. The standard InChI is InChI=1S/C22H26N2/c1-17-8-9-21-20(16-17)19-11-13-23(2)14-12-22(19)24(21)15-10-18-6-4-3-5-7-18/h3-9,16H,10-15H2,1-2H3. The fraction of sp³-hybridized carbons (Fsp3) is 0.364. The lowest BCUT2D eigenvalue weighted by molar-refractivity contribution is 0.351. The molecule has 124 valence electrons. The van der Waals surface area contributed by atoms with Gasteiger partial charge < -0.3 is 9.47 Å². The minimum Gasteiger partial charge on any atom is -0.344 e. The van der Waals surface area contributed by atoms with E-state index < -0.39 is 0 Å². The fourth-order valence-corrected chi connectivity index (χ4v) is 4.01. The third kappa shape index (κ3) is 2.87. The van der Waals surface area contributed by atoms with Crippen LogP contribution in [0.25, 0.3) is 10.9 Å². The summed E-state index contributed by atoms with van der Waals surface area (Å²) >= 11 is 0. The largest absolute Gasteiger partial charge is 0.344 e. The second-order valence-electron chi connectivity index (χ2n) is 7.14. The summed E-state index contributed by atoms with van der Waals surface area (Å²) < 4.78 is 2.59. The Balaban J connectivity index is 1.76. The molecule has 1 aliphatic heterocycles. The van der Waals surface area contributed by atoms with E-state index in [0.29, 0.717) is 0 Å². The van der Waals surface area contributed by atoms with Crippen LogP contribution in [-0.2, 0) is 25.8 Å². The first-order chi connectivity index (χ1) is 11.7. The Morgan fingerprint density at radius 1 is 0.958 bits per heavy atom. The van der Waals surface area contributed by atoms with Gasteiger partial charge in [0.25, 0.3) is 0 Å². The second kappa shape index (κ2) is 6.45. The van der Waals surface area contributed by atoms with Gasteiger partial charge in [-0.15, -0.1) is 0 Å². The molecule has 2 heterocycles. The predicted octanol–water partition coefficient (Wildman–Crippen LogP) is 4.22. The van der Waals surface area contributed by atoms with Crippen molar-refractivity contribution in [2.75, 3.05) is 20.1 Å². The first-order valence-electron chi connectivity index (χ1n) is 9.05. The molecule has 2 aromatic carbocycles. The number of aryl methyl sites for hydroxylation is 3. The maximum absolute atomic E-state index is 2.59. The molecular formula is C22H26N2. The van der Waals surface area contributed by atoms with Crippen LogP contribution in [0.3, 0.4) is 0 Å². The highest BCUT2D eigenvalue weighted by atomic mass is 15.1. The minimum absolute atomic E-state index is 1.07. The summed E-state index contributed by atoms with van der Waals surface area (Å²) in [7, 11) is 2.24. The van der Waals surface area contributed by atoms with E-state index in [9.17, 15) is 0 Å². The maximum Gasteiger partial charge on any atom is 0.0485 e. The lowest BCUT2D eigenvalue weighted by atomic mass is 10.1. The van der Waals surface area contributed by atoms with Crippen LogP contribution >= 0.6 is 0 Å². The summed E-state index contributed by atoms with van der Waals surface area (Å²) in [5, 5.41) is 1.48. The molecule has 3 aromatic rings. The van der Waals surface area contributed by atoms with Crippen molar-refractivity contribution in [3.8, 4) is 0 Å². The van der Waals surface area contributed by atoms with Crippen LogP contribution in [-0.4, -0.2) is 29.6 Å². The number of fused-ring (bicyclic) bond motifs is 3. The number of nitrogens with zero attached hydrogens (tertiary/aromatic N) is 2.